The molecule has 0 bridgehead atoms. The molecule has 3 nitrogen and oxygen atoms in total. The van der Waals surface area contributed by atoms with Crippen LogP contribution in [-0.4, -0.2) is 19.3 Å². The van der Waals surface area contributed by atoms with Crippen molar-refractivity contribution in [2.24, 2.45) is 0 Å². The molecule has 0 aromatic heterocycles. The van der Waals surface area contributed by atoms with Crippen LogP contribution in [-0.2, 0) is 4.79 Å². The number of nitrogens with one attached hydrogen (secondary N) is 2. The first kappa shape index (κ1) is 7.71. The zero-order chi connectivity index (χ0) is 6.41. The van der Waals surface area contributed by atoms with Crippen LogP contribution in [0, 0.1) is 0 Å². The van der Waals surface area contributed by atoms with Crippen LogP contribution in [0.25, 0.3) is 0 Å². The largest absolute Gasteiger partial charge is 0.340 e. The number of rotatable bonds is 3. The van der Waals surface area contributed by atoms with Crippen LogP contribution >= 0.6 is 12.8 Å². The van der Waals surface area contributed by atoms with Crippen molar-refractivity contribution in [3.05, 3.63) is 0 Å². The SMILES string of the molecule is O=C(CF)NCNS. The van der Waals surface area contributed by atoms with Gasteiger partial charge in [-0.3, -0.25) is 4.79 Å². The molecule has 0 heterocycles. The van der Waals surface area contributed by atoms with Crippen molar-refractivity contribution in [1.82, 2.24) is 10.0 Å². The molecule has 0 saturated heterocycles. The summed E-state index contributed by atoms with van der Waals surface area (Å²) in [6.07, 6.45) is 0. The summed E-state index contributed by atoms with van der Waals surface area (Å²) < 4.78 is 13.6. The van der Waals surface area contributed by atoms with Gasteiger partial charge in [-0.15, -0.1) is 0 Å². The van der Waals surface area contributed by atoms with Crippen molar-refractivity contribution in [2.75, 3.05) is 13.3 Å². The van der Waals surface area contributed by atoms with E-state index in [2.05, 4.69) is 22.9 Å². The molecule has 0 aromatic rings. The third-order valence-corrected chi connectivity index (χ3v) is 0.644. The average molecular weight is 138 g/mol. The van der Waals surface area contributed by atoms with Gasteiger partial charge < -0.3 is 5.32 Å². The number of hydrogen-bond acceptors (Lipinski definition) is 3. The lowest BCUT2D eigenvalue weighted by atomic mass is 10.7. The molecule has 0 fully saturated rings. The zero-order valence-electron chi connectivity index (χ0n) is 4.15. The summed E-state index contributed by atoms with van der Waals surface area (Å²) >= 11 is 3.55. The van der Waals surface area contributed by atoms with Crippen LogP contribution < -0.4 is 10.0 Å². The molecule has 5 heteroatoms. The number of carbonyl (C=O) groups excluding carboxylic acids is 1. The molecular weight excluding hydrogens is 131 g/mol. The van der Waals surface area contributed by atoms with Gasteiger partial charge in [0.15, 0.2) is 6.67 Å². The normalized spacial score (nSPS) is 8.75. The van der Waals surface area contributed by atoms with Gasteiger partial charge in [0.25, 0.3) is 5.91 Å². The second-order valence-corrected chi connectivity index (χ2v) is 1.38. The predicted molar refractivity (Wildman–Crippen MR) is 31.1 cm³/mol. The molecule has 8 heavy (non-hydrogen) atoms. The van der Waals surface area contributed by atoms with E-state index in [0.29, 0.717) is 0 Å². The van der Waals surface area contributed by atoms with Crippen molar-refractivity contribution in [3.8, 4) is 0 Å². The van der Waals surface area contributed by atoms with Crippen LogP contribution in [0.1, 0.15) is 0 Å². The van der Waals surface area contributed by atoms with E-state index in [1.54, 1.807) is 0 Å². The minimum Gasteiger partial charge on any atom is -0.340 e. The molecule has 0 rings (SSSR count). The molecular formula is C3H7FN2OS. The van der Waals surface area contributed by atoms with Gasteiger partial charge in [-0.25, -0.2) is 9.11 Å². The molecule has 0 aromatic carbocycles. The molecule has 0 unspecified atom stereocenters. The molecule has 0 atom stereocenters. The van der Waals surface area contributed by atoms with Crippen molar-refractivity contribution in [1.29, 1.82) is 0 Å². The summed E-state index contributed by atoms with van der Waals surface area (Å²) in [6, 6.07) is 0. The maximum atomic E-state index is 11.2. The molecule has 0 spiro atoms. The molecule has 0 aliphatic heterocycles. The Kier molecular flexibility index (Phi) is 4.68. The number of hydrogen-bond donors (Lipinski definition) is 3. The molecule has 0 aliphatic carbocycles. The summed E-state index contributed by atoms with van der Waals surface area (Å²) in [5, 5.41) is 2.18. The Morgan fingerprint density at radius 2 is 2.38 bits per heavy atom. The van der Waals surface area contributed by atoms with Gasteiger partial charge in [-0.05, 0) is 0 Å². The summed E-state index contributed by atoms with van der Waals surface area (Å²) in [7, 11) is 0. The molecule has 48 valence electrons. The van der Waals surface area contributed by atoms with Gasteiger partial charge >= 0.3 is 0 Å². The lowest BCUT2D eigenvalue weighted by Gasteiger charge is -1.96. The Morgan fingerprint density at radius 1 is 1.75 bits per heavy atom. The third kappa shape index (κ3) is 3.89. The van der Waals surface area contributed by atoms with Gasteiger partial charge in [0.1, 0.15) is 0 Å². The monoisotopic (exact) mass is 138 g/mol. The topological polar surface area (TPSA) is 41.1 Å². The number of halogens is 1. The predicted octanol–water partition coefficient (Wildman–Crippen LogP) is -0.536. The van der Waals surface area contributed by atoms with E-state index < -0.39 is 12.6 Å². The summed E-state index contributed by atoms with van der Waals surface area (Å²) in [4.78, 5) is 10.0. The standard InChI is InChI=1S/C3H7FN2OS/c4-1-3(7)5-2-6-8/h6,8H,1-2H2,(H,5,7). The Morgan fingerprint density at radius 3 is 2.75 bits per heavy atom. The van der Waals surface area contributed by atoms with Crippen LogP contribution in [0.2, 0.25) is 0 Å². The summed E-state index contributed by atoms with van der Waals surface area (Å²) in [5.74, 6) is -0.633. The number of thiol groups is 1. The van der Waals surface area contributed by atoms with E-state index in [1.165, 1.54) is 0 Å². The molecule has 1 amide bonds. The Hall–Kier alpha value is -0.290. The van der Waals surface area contributed by atoms with Crippen molar-refractivity contribution < 1.29 is 9.18 Å². The highest BCUT2D eigenvalue weighted by Gasteiger charge is 1.93. The summed E-state index contributed by atoms with van der Waals surface area (Å²) in [6.45, 7) is -0.790. The third-order valence-electron chi connectivity index (χ3n) is 0.486. The number of alkyl halides is 1. The average Bonchev–Trinajstić information content (AvgIpc) is 1.83. The lowest BCUT2D eigenvalue weighted by molar-refractivity contribution is -0.121. The Balaban J connectivity index is 2.99. The van der Waals surface area contributed by atoms with Crippen LogP contribution in [0.4, 0.5) is 4.39 Å². The molecule has 0 aliphatic rings. The Labute approximate surface area is 52.2 Å². The fourth-order valence-corrected chi connectivity index (χ4v) is 0.264. The number of carbonyl (C=O) groups is 1. The van der Waals surface area contributed by atoms with E-state index in [4.69, 9.17) is 0 Å². The van der Waals surface area contributed by atoms with Crippen LogP contribution in [0.5, 0.6) is 0 Å². The van der Waals surface area contributed by atoms with Gasteiger partial charge in [-0.1, -0.05) is 12.8 Å². The summed E-state index contributed by atoms with van der Waals surface area (Å²) in [5.41, 5.74) is 0. The van der Waals surface area contributed by atoms with Crippen molar-refractivity contribution >= 4 is 18.7 Å². The molecule has 2 N–H and O–H groups in total. The maximum absolute atomic E-state index is 11.2. The molecule has 0 radical (unpaired) electrons. The smallest absolute Gasteiger partial charge is 0.252 e. The van der Waals surface area contributed by atoms with E-state index >= 15 is 0 Å². The van der Waals surface area contributed by atoms with E-state index in [0.717, 1.165) is 0 Å². The zero-order valence-corrected chi connectivity index (χ0v) is 5.04. The van der Waals surface area contributed by atoms with Gasteiger partial charge in [-0.2, -0.15) is 0 Å². The minimum absolute atomic E-state index is 0.186. The highest BCUT2D eigenvalue weighted by molar-refractivity contribution is 7.78. The molecule has 0 saturated carbocycles. The first-order chi connectivity index (χ1) is 3.81. The number of amides is 1. The van der Waals surface area contributed by atoms with Crippen LogP contribution in [0.15, 0.2) is 0 Å². The quantitative estimate of drug-likeness (QED) is 0.362. The van der Waals surface area contributed by atoms with Crippen LogP contribution in [0.3, 0.4) is 0 Å². The minimum atomic E-state index is -0.977. The lowest BCUT2D eigenvalue weighted by Crippen LogP contribution is -2.30. The van der Waals surface area contributed by atoms with Gasteiger partial charge in [0.05, 0.1) is 6.67 Å². The van der Waals surface area contributed by atoms with E-state index in [1.807, 2.05) is 0 Å². The van der Waals surface area contributed by atoms with E-state index in [9.17, 15) is 9.18 Å². The maximum Gasteiger partial charge on any atom is 0.252 e. The second-order valence-electron chi connectivity index (χ2n) is 1.07. The first-order valence-corrected chi connectivity index (χ1v) is 2.45. The first-order valence-electron chi connectivity index (χ1n) is 2.01. The Bertz CT molecular complexity index is 79.7. The van der Waals surface area contributed by atoms with Crippen molar-refractivity contribution in [2.45, 2.75) is 0 Å². The highest BCUT2D eigenvalue weighted by atomic mass is 32.1. The van der Waals surface area contributed by atoms with Gasteiger partial charge in [0, 0.05) is 0 Å². The van der Waals surface area contributed by atoms with Crippen molar-refractivity contribution in [3.63, 3.8) is 0 Å². The second kappa shape index (κ2) is 4.86. The fourth-order valence-electron chi connectivity index (χ4n) is 0.185. The van der Waals surface area contributed by atoms with Gasteiger partial charge in [0.2, 0.25) is 0 Å². The highest BCUT2D eigenvalue weighted by Crippen LogP contribution is 1.65. The fraction of sp³-hybridized carbons (Fsp3) is 0.667. The van der Waals surface area contributed by atoms with E-state index in [-0.39, 0.29) is 6.67 Å².